The number of nitrogens with one attached hydrogen (secondary N) is 2. The molecule has 0 aromatic rings. The summed E-state index contributed by atoms with van der Waals surface area (Å²) in [7, 11) is -1.91. The minimum absolute atomic E-state index is 0.0625. The van der Waals surface area contributed by atoms with E-state index in [2.05, 4.69) is 9.44 Å². The van der Waals surface area contributed by atoms with Gasteiger partial charge < -0.3 is 4.74 Å². The third kappa shape index (κ3) is 2.74. The highest BCUT2D eigenvalue weighted by Gasteiger charge is 2.20. The molecule has 0 bridgehead atoms. The molecule has 1 aliphatic heterocycles. The molecular formula is C5H12N2O3S. The van der Waals surface area contributed by atoms with Gasteiger partial charge in [0.05, 0.1) is 6.61 Å². The van der Waals surface area contributed by atoms with Gasteiger partial charge in [-0.2, -0.15) is 13.1 Å². The van der Waals surface area contributed by atoms with Gasteiger partial charge in [-0.3, -0.25) is 0 Å². The summed E-state index contributed by atoms with van der Waals surface area (Å²) in [6.07, 6.45) is 0.751. The van der Waals surface area contributed by atoms with Gasteiger partial charge >= 0.3 is 0 Å². The van der Waals surface area contributed by atoms with Crippen LogP contribution in [0, 0.1) is 0 Å². The summed E-state index contributed by atoms with van der Waals surface area (Å²) in [5, 5.41) is 0. The summed E-state index contributed by atoms with van der Waals surface area (Å²) in [5.74, 6) is 0. The van der Waals surface area contributed by atoms with Gasteiger partial charge in [-0.1, -0.05) is 0 Å². The van der Waals surface area contributed by atoms with Gasteiger partial charge in [0.1, 0.15) is 0 Å². The molecule has 0 aromatic heterocycles. The molecule has 66 valence electrons. The molecule has 1 aliphatic rings. The second-order valence-corrected chi connectivity index (χ2v) is 4.04. The minimum Gasteiger partial charge on any atom is -0.380 e. The Kier molecular flexibility index (Phi) is 2.83. The van der Waals surface area contributed by atoms with Gasteiger partial charge in [-0.15, -0.1) is 0 Å². The lowest BCUT2D eigenvalue weighted by Gasteiger charge is -2.09. The molecule has 0 aliphatic carbocycles. The fourth-order valence-corrected chi connectivity index (χ4v) is 1.65. The maximum Gasteiger partial charge on any atom is 0.276 e. The topological polar surface area (TPSA) is 67.4 Å². The van der Waals surface area contributed by atoms with Crippen molar-refractivity contribution in [2.45, 2.75) is 12.5 Å². The molecule has 0 spiro atoms. The largest absolute Gasteiger partial charge is 0.380 e. The van der Waals surface area contributed by atoms with E-state index >= 15 is 0 Å². The monoisotopic (exact) mass is 180 g/mol. The number of ether oxygens (including phenoxy) is 1. The van der Waals surface area contributed by atoms with Gasteiger partial charge in [0.2, 0.25) is 0 Å². The first-order valence-electron chi connectivity index (χ1n) is 3.42. The summed E-state index contributed by atoms with van der Waals surface area (Å²) in [4.78, 5) is 0. The molecule has 11 heavy (non-hydrogen) atoms. The van der Waals surface area contributed by atoms with E-state index in [1.807, 2.05) is 0 Å². The molecule has 0 amide bonds. The summed E-state index contributed by atoms with van der Waals surface area (Å²) in [5.41, 5.74) is 0. The Balaban J connectivity index is 2.41. The Labute approximate surface area is 66.3 Å². The molecule has 0 aromatic carbocycles. The second-order valence-electron chi connectivity index (χ2n) is 2.39. The third-order valence-electron chi connectivity index (χ3n) is 1.52. The van der Waals surface area contributed by atoms with E-state index in [1.54, 1.807) is 0 Å². The Bertz CT molecular complexity index is 208. The highest BCUT2D eigenvalue weighted by Crippen LogP contribution is 2.03. The van der Waals surface area contributed by atoms with Crippen LogP contribution >= 0.6 is 0 Å². The zero-order chi connectivity index (χ0) is 8.32. The number of hydrogen-bond donors (Lipinski definition) is 2. The minimum atomic E-state index is -3.28. The second kappa shape index (κ2) is 3.48. The maximum absolute atomic E-state index is 10.9. The van der Waals surface area contributed by atoms with E-state index in [0.29, 0.717) is 13.2 Å². The Hall–Kier alpha value is -0.170. The molecule has 1 saturated heterocycles. The van der Waals surface area contributed by atoms with E-state index < -0.39 is 10.2 Å². The first-order valence-corrected chi connectivity index (χ1v) is 4.91. The van der Waals surface area contributed by atoms with Crippen LogP contribution in [0.15, 0.2) is 0 Å². The Morgan fingerprint density at radius 3 is 2.73 bits per heavy atom. The number of hydrogen-bond acceptors (Lipinski definition) is 3. The molecule has 5 nitrogen and oxygen atoms in total. The smallest absolute Gasteiger partial charge is 0.276 e. The highest BCUT2D eigenvalue weighted by atomic mass is 32.2. The summed E-state index contributed by atoms with van der Waals surface area (Å²) in [6, 6.07) is -0.0625. The van der Waals surface area contributed by atoms with Crippen molar-refractivity contribution in [2.24, 2.45) is 0 Å². The maximum atomic E-state index is 10.9. The molecule has 6 heteroatoms. The van der Waals surface area contributed by atoms with Crippen molar-refractivity contribution in [3.8, 4) is 0 Å². The van der Waals surface area contributed by atoms with Crippen LogP contribution in [-0.2, 0) is 14.9 Å². The van der Waals surface area contributed by atoms with Crippen molar-refractivity contribution in [3.05, 3.63) is 0 Å². The zero-order valence-electron chi connectivity index (χ0n) is 6.33. The Morgan fingerprint density at radius 2 is 2.27 bits per heavy atom. The lowest BCUT2D eigenvalue weighted by atomic mass is 10.3. The molecule has 1 unspecified atom stereocenters. The average molecular weight is 180 g/mol. The van der Waals surface area contributed by atoms with Crippen LogP contribution in [0.1, 0.15) is 6.42 Å². The molecule has 1 rings (SSSR count). The quantitative estimate of drug-likeness (QED) is 0.575. The predicted octanol–water partition coefficient (Wildman–Crippen LogP) is -1.17. The first kappa shape index (κ1) is 8.92. The van der Waals surface area contributed by atoms with E-state index in [1.165, 1.54) is 7.05 Å². The van der Waals surface area contributed by atoms with Gasteiger partial charge in [0.15, 0.2) is 0 Å². The SMILES string of the molecule is CNS(=O)(=O)NC1CCOC1. The van der Waals surface area contributed by atoms with Crippen LogP contribution in [0.5, 0.6) is 0 Å². The van der Waals surface area contributed by atoms with Crippen molar-refractivity contribution in [3.63, 3.8) is 0 Å². The van der Waals surface area contributed by atoms with Crippen LogP contribution in [0.25, 0.3) is 0 Å². The molecule has 2 N–H and O–H groups in total. The predicted molar refractivity (Wildman–Crippen MR) is 40.3 cm³/mol. The van der Waals surface area contributed by atoms with Crippen molar-refractivity contribution in [1.29, 1.82) is 0 Å². The first-order chi connectivity index (χ1) is 5.14. The van der Waals surface area contributed by atoms with Crippen molar-refractivity contribution in [2.75, 3.05) is 20.3 Å². The summed E-state index contributed by atoms with van der Waals surface area (Å²) < 4.78 is 31.4. The number of rotatable bonds is 3. The standard InChI is InChI=1S/C5H12N2O3S/c1-6-11(8,9)7-5-2-3-10-4-5/h5-7H,2-4H2,1H3. The van der Waals surface area contributed by atoms with Crippen LogP contribution < -0.4 is 9.44 Å². The molecule has 1 fully saturated rings. The van der Waals surface area contributed by atoms with Crippen molar-refractivity contribution in [1.82, 2.24) is 9.44 Å². The van der Waals surface area contributed by atoms with Crippen LogP contribution in [0.3, 0.4) is 0 Å². The van der Waals surface area contributed by atoms with E-state index in [9.17, 15) is 8.42 Å². The summed E-state index contributed by atoms with van der Waals surface area (Å²) >= 11 is 0. The van der Waals surface area contributed by atoms with Crippen LogP contribution in [0.4, 0.5) is 0 Å². The molecule has 0 saturated carbocycles. The van der Waals surface area contributed by atoms with Crippen molar-refractivity contribution < 1.29 is 13.2 Å². The zero-order valence-corrected chi connectivity index (χ0v) is 7.15. The highest BCUT2D eigenvalue weighted by molar-refractivity contribution is 7.87. The lowest BCUT2D eigenvalue weighted by Crippen LogP contribution is -2.41. The third-order valence-corrected chi connectivity index (χ3v) is 2.70. The van der Waals surface area contributed by atoms with Gasteiger partial charge in [-0.25, -0.2) is 4.72 Å². The Morgan fingerprint density at radius 1 is 1.55 bits per heavy atom. The van der Waals surface area contributed by atoms with Crippen LogP contribution in [-0.4, -0.2) is 34.7 Å². The average Bonchev–Trinajstić information content (AvgIpc) is 2.39. The fraction of sp³-hybridized carbons (Fsp3) is 1.00. The van der Waals surface area contributed by atoms with Crippen LogP contribution in [0.2, 0.25) is 0 Å². The molecule has 1 heterocycles. The molecule has 1 atom stereocenters. The lowest BCUT2D eigenvalue weighted by molar-refractivity contribution is 0.192. The normalized spacial score (nSPS) is 25.7. The molecular weight excluding hydrogens is 168 g/mol. The van der Waals surface area contributed by atoms with E-state index in [0.717, 1.165) is 6.42 Å². The van der Waals surface area contributed by atoms with Gasteiger partial charge in [0, 0.05) is 19.7 Å². The van der Waals surface area contributed by atoms with Crippen molar-refractivity contribution >= 4 is 10.2 Å². The fourth-order valence-electron chi connectivity index (χ4n) is 0.906. The van der Waals surface area contributed by atoms with E-state index in [-0.39, 0.29) is 6.04 Å². The van der Waals surface area contributed by atoms with Gasteiger partial charge in [0.25, 0.3) is 10.2 Å². The van der Waals surface area contributed by atoms with E-state index in [4.69, 9.17) is 4.74 Å². The molecule has 0 radical (unpaired) electrons. The summed E-state index contributed by atoms with van der Waals surface area (Å²) in [6.45, 7) is 1.11. The van der Waals surface area contributed by atoms with Gasteiger partial charge in [-0.05, 0) is 6.42 Å².